The second-order valence-electron chi connectivity index (χ2n) is 7.20. The van der Waals surface area contributed by atoms with Crippen molar-refractivity contribution >= 4 is 11.9 Å². The molecule has 0 aliphatic heterocycles. The first kappa shape index (κ1) is 16.0. The van der Waals surface area contributed by atoms with Crippen LogP contribution >= 0.6 is 0 Å². The molecule has 1 aromatic rings. The number of aromatic nitrogens is 2. The Hall–Kier alpha value is -1.38. The lowest BCUT2D eigenvalue weighted by Crippen LogP contribution is -2.32. The number of rotatable bonds is 4. The van der Waals surface area contributed by atoms with E-state index in [1.807, 2.05) is 6.08 Å². The summed E-state index contributed by atoms with van der Waals surface area (Å²) in [7, 11) is 0. The van der Waals surface area contributed by atoms with Crippen LogP contribution in [0.5, 0.6) is 0 Å². The molecule has 0 aromatic carbocycles. The number of nitrogens with zero attached hydrogens (tertiary/aromatic N) is 2. The Labute approximate surface area is 129 Å². The molecule has 1 N–H and O–H groups in total. The summed E-state index contributed by atoms with van der Waals surface area (Å²) in [5, 5.41) is 3.62. The molecule has 0 radical (unpaired) electrons. The van der Waals surface area contributed by atoms with Crippen molar-refractivity contribution in [3.8, 4) is 0 Å². The minimum atomic E-state index is 0.432. The average molecular weight is 287 g/mol. The van der Waals surface area contributed by atoms with Gasteiger partial charge in [0.15, 0.2) is 0 Å². The van der Waals surface area contributed by atoms with Gasteiger partial charge < -0.3 is 5.32 Å². The van der Waals surface area contributed by atoms with Crippen LogP contribution in [0, 0.1) is 11.3 Å². The Bertz CT molecular complexity index is 480. The zero-order valence-electron chi connectivity index (χ0n) is 13.9. The molecule has 21 heavy (non-hydrogen) atoms. The van der Waals surface area contributed by atoms with Crippen LogP contribution in [-0.2, 0) is 6.42 Å². The van der Waals surface area contributed by atoms with Crippen LogP contribution in [0.4, 0.5) is 5.82 Å². The highest BCUT2D eigenvalue weighted by atomic mass is 15.0. The molecule has 0 unspecified atom stereocenters. The van der Waals surface area contributed by atoms with Gasteiger partial charge in [-0.15, -0.1) is 0 Å². The summed E-state index contributed by atoms with van der Waals surface area (Å²) in [4.78, 5) is 8.77. The van der Waals surface area contributed by atoms with Gasteiger partial charge in [0.25, 0.3) is 0 Å². The molecule has 0 saturated heterocycles. The number of hydrogen-bond donors (Lipinski definition) is 1. The SMILES string of the molecule is C=Cc1c(CC)ncnc1NC1CCC(C(C)(C)C)CC1. The van der Waals surface area contributed by atoms with Crippen molar-refractivity contribution < 1.29 is 0 Å². The van der Waals surface area contributed by atoms with E-state index in [1.165, 1.54) is 25.7 Å². The highest BCUT2D eigenvalue weighted by Gasteiger charge is 2.29. The van der Waals surface area contributed by atoms with Crippen LogP contribution in [0.15, 0.2) is 12.9 Å². The monoisotopic (exact) mass is 287 g/mol. The summed E-state index contributed by atoms with van der Waals surface area (Å²) in [5.41, 5.74) is 2.57. The van der Waals surface area contributed by atoms with Crippen molar-refractivity contribution in [2.45, 2.75) is 65.8 Å². The van der Waals surface area contributed by atoms with E-state index in [0.29, 0.717) is 11.5 Å². The van der Waals surface area contributed by atoms with Crippen LogP contribution in [0.3, 0.4) is 0 Å². The lowest BCUT2D eigenvalue weighted by atomic mass is 9.71. The largest absolute Gasteiger partial charge is 0.367 e. The van der Waals surface area contributed by atoms with Gasteiger partial charge >= 0.3 is 0 Å². The third-order valence-electron chi connectivity index (χ3n) is 4.80. The molecule has 1 fully saturated rings. The first-order valence-electron chi connectivity index (χ1n) is 8.18. The lowest BCUT2D eigenvalue weighted by Gasteiger charge is -2.37. The van der Waals surface area contributed by atoms with Crippen LogP contribution in [0.2, 0.25) is 0 Å². The van der Waals surface area contributed by atoms with E-state index >= 15 is 0 Å². The second kappa shape index (κ2) is 6.59. The summed E-state index contributed by atoms with van der Waals surface area (Å²) in [6.45, 7) is 13.1. The summed E-state index contributed by atoms with van der Waals surface area (Å²) in [6.07, 6.45) is 9.51. The third kappa shape index (κ3) is 3.84. The summed E-state index contributed by atoms with van der Waals surface area (Å²) in [5.74, 6) is 1.79. The van der Waals surface area contributed by atoms with E-state index in [2.05, 4.69) is 49.6 Å². The predicted molar refractivity (Wildman–Crippen MR) is 90.3 cm³/mol. The number of nitrogens with one attached hydrogen (secondary N) is 1. The van der Waals surface area contributed by atoms with Gasteiger partial charge in [0.2, 0.25) is 0 Å². The van der Waals surface area contributed by atoms with Crippen molar-refractivity contribution in [3.05, 3.63) is 24.2 Å². The van der Waals surface area contributed by atoms with Gasteiger partial charge in [0, 0.05) is 11.6 Å². The normalized spacial score (nSPS) is 22.9. The maximum Gasteiger partial charge on any atom is 0.137 e. The van der Waals surface area contributed by atoms with Gasteiger partial charge in [0.1, 0.15) is 12.1 Å². The number of hydrogen-bond acceptors (Lipinski definition) is 3. The molecule has 1 heterocycles. The van der Waals surface area contributed by atoms with Crippen LogP contribution in [0.25, 0.3) is 6.08 Å². The molecule has 0 amide bonds. The van der Waals surface area contributed by atoms with E-state index in [4.69, 9.17) is 0 Å². The van der Waals surface area contributed by atoms with Gasteiger partial charge in [-0.05, 0) is 43.4 Å². The van der Waals surface area contributed by atoms with Gasteiger partial charge in [-0.3, -0.25) is 0 Å². The molecule has 1 aliphatic rings. The molecule has 1 aliphatic carbocycles. The standard InChI is InChI=1S/C18H29N3/c1-6-15-16(7-2)19-12-20-17(15)21-14-10-8-13(9-11-14)18(3,4)5/h6,12-14H,1,7-11H2,2-5H3,(H,19,20,21). The topological polar surface area (TPSA) is 37.8 Å². The Morgan fingerprint density at radius 3 is 2.43 bits per heavy atom. The predicted octanol–water partition coefficient (Wildman–Crippen LogP) is 4.70. The number of anilines is 1. The van der Waals surface area contributed by atoms with E-state index in [-0.39, 0.29) is 0 Å². The molecule has 3 heteroatoms. The fraction of sp³-hybridized carbons (Fsp3) is 0.667. The van der Waals surface area contributed by atoms with Crippen molar-refractivity contribution in [1.82, 2.24) is 9.97 Å². The fourth-order valence-corrected chi connectivity index (χ4v) is 3.34. The molecule has 0 bridgehead atoms. The van der Waals surface area contributed by atoms with E-state index in [9.17, 15) is 0 Å². The minimum absolute atomic E-state index is 0.432. The molecule has 1 aromatic heterocycles. The zero-order valence-corrected chi connectivity index (χ0v) is 13.9. The van der Waals surface area contributed by atoms with Crippen LogP contribution in [0.1, 0.15) is 64.6 Å². The van der Waals surface area contributed by atoms with Gasteiger partial charge in [0.05, 0.1) is 5.69 Å². The van der Waals surface area contributed by atoms with Crippen molar-refractivity contribution in [2.24, 2.45) is 11.3 Å². The molecular weight excluding hydrogens is 258 g/mol. The fourth-order valence-electron chi connectivity index (χ4n) is 3.34. The average Bonchev–Trinajstić information content (AvgIpc) is 2.46. The molecule has 2 rings (SSSR count). The van der Waals surface area contributed by atoms with Crippen molar-refractivity contribution in [1.29, 1.82) is 0 Å². The summed E-state index contributed by atoms with van der Waals surface area (Å²) >= 11 is 0. The zero-order chi connectivity index (χ0) is 15.5. The first-order valence-corrected chi connectivity index (χ1v) is 8.18. The maximum atomic E-state index is 4.43. The highest BCUT2D eigenvalue weighted by Crippen LogP contribution is 2.38. The molecule has 1 saturated carbocycles. The van der Waals surface area contributed by atoms with Crippen LogP contribution in [-0.4, -0.2) is 16.0 Å². The summed E-state index contributed by atoms with van der Waals surface area (Å²) in [6, 6.07) is 0.530. The van der Waals surface area contributed by atoms with Crippen molar-refractivity contribution in [2.75, 3.05) is 5.32 Å². The van der Waals surface area contributed by atoms with Crippen LogP contribution < -0.4 is 5.32 Å². The molecule has 0 atom stereocenters. The molecule has 116 valence electrons. The second-order valence-corrected chi connectivity index (χ2v) is 7.20. The molecule has 3 nitrogen and oxygen atoms in total. The summed E-state index contributed by atoms with van der Waals surface area (Å²) < 4.78 is 0. The van der Waals surface area contributed by atoms with Gasteiger partial charge in [-0.2, -0.15) is 0 Å². The molecular formula is C18H29N3. The smallest absolute Gasteiger partial charge is 0.137 e. The van der Waals surface area contributed by atoms with E-state index in [1.54, 1.807) is 6.33 Å². The van der Waals surface area contributed by atoms with Crippen molar-refractivity contribution in [3.63, 3.8) is 0 Å². The Balaban J connectivity index is 2.03. The quantitative estimate of drug-likeness (QED) is 0.872. The third-order valence-corrected chi connectivity index (χ3v) is 4.80. The minimum Gasteiger partial charge on any atom is -0.367 e. The number of aryl methyl sites for hydroxylation is 1. The van der Waals surface area contributed by atoms with E-state index in [0.717, 1.165) is 29.4 Å². The lowest BCUT2D eigenvalue weighted by molar-refractivity contribution is 0.173. The molecule has 0 spiro atoms. The Kier molecular flexibility index (Phi) is 5.02. The first-order chi connectivity index (χ1) is 9.95. The van der Waals surface area contributed by atoms with Gasteiger partial charge in [-0.25, -0.2) is 9.97 Å². The highest BCUT2D eigenvalue weighted by molar-refractivity contribution is 5.63. The maximum absolute atomic E-state index is 4.43. The Morgan fingerprint density at radius 1 is 1.24 bits per heavy atom. The van der Waals surface area contributed by atoms with Gasteiger partial charge in [-0.1, -0.05) is 40.3 Å². The Morgan fingerprint density at radius 2 is 1.90 bits per heavy atom. The van der Waals surface area contributed by atoms with E-state index < -0.39 is 0 Å².